The van der Waals surface area contributed by atoms with Gasteiger partial charge in [-0.2, -0.15) is 0 Å². The SMILES string of the molecule is Cc1nc(N2CC3(CC3)C2)ccc1CO. The lowest BCUT2D eigenvalue weighted by Crippen LogP contribution is -2.48. The Morgan fingerprint density at radius 1 is 1.40 bits per heavy atom. The molecule has 3 heteroatoms. The van der Waals surface area contributed by atoms with Crippen molar-refractivity contribution in [1.29, 1.82) is 0 Å². The molecule has 1 spiro atoms. The molecule has 2 heterocycles. The second kappa shape index (κ2) is 2.95. The summed E-state index contributed by atoms with van der Waals surface area (Å²) in [6, 6.07) is 4.00. The van der Waals surface area contributed by atoms with Crippen LogP contribution in [-0.2, 0) is 6.61 Å². The quantitative estimate of drug-likeness (QED) is 0.792. The third-order valence-corrected chi connectivity index (χ3v) is 3.68. The molecule has 3 nitrogen and oxygen atoms in total. The number of rotatable bonds is 2. The number of pyridine rings is 1. The van der Waals surface area contributed by atoms with Crippen molar-refractivity contribution in [2.45, 2.75) is 26.4 Å². The molecule has 1 aromatic heterocycles. The van der Waals surface area contributed by atoms with Crippen LogP contribution in [0.5, 0.6) is 0 Å². The monoisotopic (exact) mass is 204 g/mol. The molecule has 1 saturated carbocycles. The molecule has 1 saturated heterocycles. The molecule has 2 aliphatic rings. The van der Waals surface area contributed by atoms with Crippen LogP contribution in [0.4, 0.5) is 5.82 Å². The van der Waals surface area contributed by atoms with Crippen molar-refractivity contribution < 1.29 is 5.11 Å². The molecular weight excluding hydrogens is 188 g/mol. The van der Waals surface area contributed by atoms with Crippen LogP contribution in [0.3, 0.4) is 0 Å². The van der Waals surface area contributed by atoms with Gasteiger partial charge in [-0.15, -0.1) is 0 Å². The number of nitrogens with zero attached hydrogens (tertiary/aromatic N) is 2. The second-order valence-corrected chi connectivity index (χ2v) is 4.93. The van der Waals surface area contributed by atoms with Crippen LogP contribution in [-0.4, -0.2) is 23.2 Å². The highest BCUT2D eigenvalue weighted by Gasteiger charge is 2.52. The molecule has 1 aromatic rings. The van der Waals surface area contributed by atoms with Gasteiger partial charge in [0.15, 0.2) is 0 Å². The fourth-order valence-corrected chi connectivity index (χ4v) is 2.34. The maximum atomic E-state index is 9.06. The van der Waals surface area contributed by atoms with E-state index >= 15 is 0 Å². The van der Waals surface area contributed by atoms with Gasteiger partial charge in [-0.3, -0.25) is 0 Å². The van der Waals surface area contributed by atoms with Crippen molar-refractivity contribution in [3.05, 3.63) is 23.4 Å². The minimum absolute atomic E-state index is 0.0864. The van der Waals surface area contributed by atoms with Gasteiger partial charge in [0.25, 0.3) is 0 Å². The van der Waals surface area contributed by atoms with Crippen LogP contribution in [0, 0.1) is 12.3 Å². The van der Waals surface area contributed by atoms with Gasteiger partial charge < -0.3 is 10.0 Å². The van der Waals surface area contributed by atoms with E-state index in [0.29, 0.717) is 5.41 Å². The van der Waals surface area contributed by atoms with Gasteiger partial charge in [0, 0.05) is 24.2 Å². The molecule has 0 amide bonds. The van der Waals surface area contributed by atoms with Crippen molar-refractivity contribution in [1.82, 2.24) is 4.98 Å². The molecule has 2 fully saturated rings. The van der Waals surface area contributed by atoms with E-state index in [2.05, 4.69) is 9.88 Å². The Labute approximate surface area is 89.7 Å². The number of hydrogen-bond acceptors (Lipinski definition) is 3. The fourth-order valence-electron chi connectivity index (χ4n) is 2.34. The summed E-state index contributed by atoms with van der Waals surface area (Å²) in [6.07, 6.45) is 2.80. The number of aromatic nitrogens is 1. The zero-order valence-electron chi connectivity index (χ0n) is 9.03. The third-order valence-electron chi connectivity index (χ3n) is 3.68. The average Bonchev–Trinajstić information content (AvgIpc) is 2.95. The molecule has 0 aromatic carbocycles. The maximum absolute atomic E-state index is 9.06. The number of anilines is 1. The van der Waals surface area contributed by atoms with Crippen molar-refractivity contribution >= 4 is 5.82 Å². The van der Waals surface area contributed by atoms with Gasteiger partial charge in [-0.1, -0.05) is 6.07 Å². The van der Waals surface area contributed by atoms with Crippen LogP contribution in [0.1, 0.15) is 24.1 Å². The summed E-state index contributed by atoms with van der Waals surface area (Å²) in [5, 5.41) is 9.06. The topological polar surface area (TPSA) is 36.4 Å². The molecule has 1 N–H and O–H groups in total. The summed E-state index contributed by atoms with van der Waals surface area (Å²) >= 11 is 0. The first kappa shape index (κ1) is 9.16. The fraction of sp³-hybridized carbons (Fsp3) is 0.583. The molecule has 0 unspecified atom stereocenters. The average molecular weight is 204 g/mol. The molecule has 0 bridgehead atoms. The van der Waals surface area contributed by atoms with Gasteiger partial charge in [-0.25, -0.2) is 4.98 Å². The van der Waals surface area contributed by atoms with E-state index in [9.17, 15) is 0 Å². The van der Waals surface area contributed by atoms with Gasteiger partial charge in [0.05, 0.1) is 6.61 Å². The molecule has 0 atom stereocenters. The number of aryl methyl sites for hydroxylation is 1. The second-order valence-electron chi connectivity index (χ2n) is 4.93. The lowest BCUT2D eigenvalue weighted by Gasteiger charge is -2.41. The summed E-state index contributed by atoms with van der Waals surface area (Å²) in [6.45, 7) is 4.40. The Morgan fingerprint density at radius 3 is 2.67 bits per heavy atom. The van der Waals surface area contributed by atoms with Gasteiger partial charge >= 0.3 is 0 Å². The highest BCUT2D eigenvalue weighted by Crippen LogP contribution is 2.53. The van der Waals surface area contributed by atoms with E-state index in [0.717, 1.165) is 17.1 Å². The van der Waals surface area contributed by atoms with Crippen molar-refractivity contribution in [3.63, 3.8) is 0 Å². The van der Waals surface area contributed by atoms with Crippen molar-refractivity contribution in [3.8, 4) is 0 Å². The van der Waals surface area contributed by atoms with Crippen molar-refractivity contribution in [2.75, 3.05) is 18.0 Å². The van der Waals surface area contributed by atoms with Crippen LogP contribution < -0.4 is 4.90 Å². The summed E-state index contributed by atoms with van der Waals surface area (Å²) < 4.78 is 0. The van der Waals surface area contributed by atoms with Crippen LogP contribution in [0.2, 0.25) is 0 Å². The van der Waals surface area contributed by atoms with Gasteiger partial charge in [-0.05, 0) is 31.4 Å². The normalized spacial score (nSPS) is 21.6. The molecule has 80 valence electrons. The summed E-state index contributed by atoms with van der Waals surface area (Å²) in [7, 11) is 0. The predicted molar refractivity (Wildman–Crippen MR) is 58.8 cm³/mol. The Bertz CT molecular complexity index is 391. The zero-order chi connectivity index (χ0) is 10.5. The van der Waals surface area contributed by atoms with Crippen molar-refractivity contribution in [2.24, 2.45) is 5.41 Å². The molecule has 15 heavy (non-hydrogen) atoms. The molecule has 1 aliphatic heterocycles. The minimum Gasteiger partial charge on any atom is -0.392 e. The summed E-state index contributed by atoms with van der Waals surface area (Å²) in [4.78, 5) is 6.86. The maximum Gasteiger partial charge on any atom is 0.128 e. The highest BCUT2D eigenvalue weighted by atomic mass is 16.3. The smallest absolute Gasteiger partial charge is 0.128 e. The van der Waals surface area contributed by atoms with E-state index in [1.165, 1.54) is 25.9 Å². The number of hydrogen-bond donors (Lipinski definition) is 1. The third kappa shape index (κ3) is 1.42. The Balaban J connectivity index is 1.78. The van der Waals surface area contributed by atoms with Crippen LogP contribution >= 0.6 is 0 Å². The van der Waals surface area contributed by atoms with E-state index < -0.39 is 0 Å². The first-order chi connectivity index (χ1) is 7.22. The number of aliphatic hydroxyl groups is 1. The largest absolute Gasteiger partial charge is 0.392 e. The lowest BCUT2D eigenvalue weighted by molar-refractivity contribution is 0.280. The Hall–Kier alpha value is -1.09. The van der Waals surface area contributed by atoms with Gasteiger partial charge in [0.2, 0.25) is 0 Å². The summed E-state index contributed by atoms with van der Waals surface area (Å²) in [5.41, 5.74) is 2.55. The Morgan fingerprint density at radius 2 is 2.13 bits per heavy atom. The van der Waals surface area contributed by atoms with E-state index in [-0.39, 0.29) is 6.61 Å². The standard InChI is InChI=1S/C12H16N2O/c1-9-10(6-15)2-3-11(13-9)14-7-12(8-14)4-5-12/h2-3,15H,4-8H2,1H3. The van der Waals surface area contributed by atoms with E-state index in [1.807, 2.05) is 19.1 Å². The Kier molecular flexibility index (Phi) is 1.80. The minimum atomic E-state index is 0.0864. The van der Waals surface area contributed by atoms with E-state index in [1.54, 1.807) is 0 Å². The zero-order valence-corrected chi connectivity index (χ0v) is 9.03. The van der Waals surface area contributed by atoms with E-state index in [4.69, 9.17) is 5.11 Å². The predicted octanol–water partition coefficient (Wildman–Crippen LogP) is 1.48. The molecular formula is C12H16N2O. The highest BCUT2D eigenvalue weighted by molar-refractivity contribution is 5.46. The van der Waals surface area contributed by atoms with Crippen LogP contribution in [0.15, 0.2) is 12.1 Å². The molecule has 0 radical (unpaired) electrons. The lowest BCUT2D eigenvalue weighted by atomic mass is 9.97. The van der Waals surface area contributed by atoms with Crippen LogP contribution in [0.25, 0.3) is 0 Å². The summed E-state index contributed by atoms with van der Waals surface area (Å²) in [5.74, 6) is 1.07. The molecule has 1 aliphatic carbocycles. The molecule has 3 rings (SSSR count). The first-order valence-corrected chi connectivity index (χ1v) is 5.55. The first-order valence-electron chi connectivity index (χ1n) is 5.55. The number of aliphatic hydroxyl groups excluding tert-OH is 1. The van der Waals surface area contributed by atoms with Gasteiger partial charge in [0.1, 0.15) is 5.82 Å².